The third-order valence-corrected chi connectivity index (χ3v) is 5.19. The minimum Gasteiger partial charge on any atom is -0.394 e. The molecule has 1 atom stereocenters. The number of aromatic amines is 1. The van der Waals surface area contributed by atoms with Crippen LogP contribution in [0.3, 0.4) is 0 Å². The van der Waals surface area contributed by atoms with Crippen LogP contribution in [0.2, 0.25) is 0 Å². The number of nitrogens with zero attached hydrogens (tertiary/aromatic N) is 2. The molecule has 2 aromatic heterocycles. The van der Waals surface area contributed by atoms with Gasteiger partial charge in [0.05, 0.1) is 18.3 Å². The second-order valence-electron chi connectivity index (χ2n) is 7.79. The number of carbonyl (C=O) groups is 1. The van der Waals surface area contributed by atoms with Gasteiger partial charge in [-0.25, -0.2) is 14.4 Å². The fraction of sp³-hybridized carbons (Fsp3) is 0.160. The number of hydrogen-bond acceptors (Lipinski definition) is 5. The minimum absolute atomic E-state index is 0.219. The van der Waals surface area contributed by atoms with E-state index in [0.29, 0.717) is 28.6 Å². The van der Waals surface area contributed by atoms with E-state index in [1.165, 1.54) is 12.1 Å². The number of aliphatic hydroxyl groups is 1. The number of aryl methyl sites for hydroxylation is 2. The molecule has 0 saturated carbocycles. The predicted molar refractivity (Wildman–Crippen MR) is 125 cm³/mol. The number of amides is 1. The maximum atomic E-state index is 13.5. The van der Waals surface area contributed by atoms with Crippen LogP contribution in [0.4, 0.5) is 16.0 Å². The van der Waals surface area contributed by atoms with E-state index in [1.54, 1.807) is 30.6 Å². The average molecular weight is 445 g/mol. The lowest BCUT2D eigenvalue weighted by molar-refractivity contribution is 0.0911. The van der Waals surface area contributed by atoms with Gasteiger partial charge in [0.1, 0.15) is 11.5 Å². The molecule has 7 nitrogen and oxygen atoms in total. The molecule has 4 N–H and O–H groups in total. The summed E-state index contributed by atoms with van der Waals surface area (Å²) in [4.78, 5) is 24.6. The summed E-state index contributed by atoms with van der Waals surface area (Å²) in [5, 5.41) is 15.6. The zero-order valence-electron chi connectivity index (χ0n) is 18.3. The smallest absolute Gasteiger partial charge is 0.268 e. The quantitative estimate of drug-likeness (QED) is 0.337. The van der Waals surface area contributed by atoms with Crippen LogP contribution < -0.4 is 10.6 Å². The Morgan fingerprint density at radius 3 is 2.73 bits per heavy atom. The van der Waals surface area contributed by atoms with Crippen molar-refractivity contribution < 1.29 is 14.3 Å². The van der Waals surface area contributed by atoms with Crippen LogP contribution in [0.15, 0.2) is 67.0 Å². The molecule has 4 aromatic rings. The number of benzene rings is 2. The van der Waals surface area contributed by atoms with Gasteiger partial charge in [0.15, 0.2) is 0 Å². The summed E-state index contributed by atoms with van der Waals surface area (Å²) in [5.41, 5.74) is 4.91. The van der Waals surface area contributed by atoms with Crippen molar-refractivity contribution in [2.24, 2.45) is 0 Å². The van der Waals surface area contributed by atoms with Gasteiger partial charge in [0.2, 0.25) is 5.95 Å². The number of carbonyl (C=O) groups excluding carboxylic acids is 1. The van der Waals surface area contributed by atoms with Gasteiger partial charge in [-0.1, -0.05) is 35.9 Å². The van der Waals surface area contributed by atoms with Gasteiger partial charge in [-0.15, -0.1) is 0 Å². The van der Waals surface area contributed by atoms with Crippen LogP contribution in [-0.2, 0) is 0 Å². The first-order chi connectivity index (χ1) is 15.9. The fourth-order valence-corrected chi connectivity index (χ4v) is 3.51. The molecule has 2 heterocycles. The number of rotatable bonds is 7. The highest BCUT2D eigenvalue weighted by Gasteiger charge is 2.18. The molecule has 33 heavy (non-hydrogen) atoms. The van der Waals surface area contributed by atoms with Gasteiger partial charge in [-0.2, -0.15) is 0 Å². The largest absolute Gasteiger partial charge is 0.394 e. The molecule has 1 amide bonds. The van der Waals surface area contributed by atoms with Gasteiger partial charge >= 0.3 is 0 Å². The Morgan fingerprint density at radius 2 is 1.97 bits per heavy atom. The Kier molecular flexibility index (Phi) is 6.46. The summed E-state index contributed by atoms with van der Waals surface area (Å²) < 4.78 is 13.5. The van der Waals surface area contributed by atoms with Crippen LogP contribution in [0.5, 0.6) is 0 Å². The third kappa shape index (κ3) is 5.24. The Bertz CT molecular complexity index is 1290. The van der Waals surface area contributed by atoms with E-state index in [4.69, 9.17) is 0 Å². The Labute approximate surface area is 190 Å². The van der Waals surface area contributed by atoms with Crippen molar-refractivity contribution in [2.45, 2.75) is 19.9 Å². The lowest BCUT2D eigenvalue weighted by atomic mass is 10.0. The van der Waals surface area contributed by atoms with E-state index < -0.39 is 6.04 Å². The molecule has 0 spiro atoms. The fourth-order valence-electron chi connectivity index (χ4n) is 3.51. The number of hydrogen-bond donors (Lipinski definition) is 4. The van der Waals surface area contributed by atoms with Crippen molar-refractivity contribution >= 4 is 17.5 Å². The molecule has 0 fully saturated rings. The number of nitrogens with one attached hydrogen (secondary N) is 3. The molecule has 0 aliphatic rings. The summed E-state index contributed by atoms with van der Waals surface area (Å²) in [6.07, 6.45) is 3.35. The second-order valence-corrected chi connectivity index (χ2v) is 7.79. The van der Waals surface area contributed by atoms with E-state index in [-0.39, 0.29) is 18.3 Å². The monoisotopic (exact) mass is 445 g/mol. The summed E-state index contributed by atoms with van der Waals surface area (Å²) in [5.74, 6) is -0.389. The Morgan fingerprint density at radius 1 is 1.15 bits per heavy atom. The van der Waals surface area contributed by atoms with Gasteiger partial charge in [-0.05, 0) is 49.2 Å². The number of aliphatic hydroxyl groups excluding tert-OH is 1. The van der Waals surface area contributed by atoms with Crippen molar-refractivity contribution in [1.82, 2.24) is 20.3 Å². The summed E-state index contributed by atoms with van der Waals surface area (Å²) in [7, 11) is 0. The molecular weight excluding hydrogens is 421 g/mol. The second kappa shape index (κ2) is 9.62. The molecular formula is C25H24FN5O2. The van der Waals surface area contributed by atoms with Crippen LogP contribution >= 0.6 is 0 Å². The number of H-pyrrole nitrogens is 1. The molecule has 0 bridgehead atoms. The highest BCUT2D eigenvalue weighted by Crippen LogP contribution is 2.24. The molecule has 0 radical (unpaired) electrons. The van der Waals surface area contributed by atoms with Crippen molar-refractivity contribution in [3.8, 4) is 11.3 Å². The molecule has 0 saturated heterocycles. The van der Waals surface area contributed by atoms with E-state index in [2.05, 4.69) is 25.6 Å². The highest BCUT2D eigenvalue weighted by molar-refractivity contribution is 5.94. The molecule has 0 aliphatic carbocycles. The van der Waals surface area contributed by atoms with E-state index in [0.717, 1.165) is 16.7 Å². The minimum atomic E-state index is -0.521. The highest BCUT2D eigenvalue weighted by atomic mass is 19.1. The lowest BCUT2D eigenvalue weighted by Crippen LogP contribution is -2.31. The van der Waals surface area contributed by atoms with Crippen LogP contribution in [0.25, 0.3) is 11.3 Å². The van der Waals surface area contributed by atoms with Gasteiger partial charge in [-0.3, -0.25) is 4.79 Å². The zero-order valence-corrected chi connectivity index (χ0v) is 18.3. The third-order valence-electron chi connectivity index (χ3n) is 5.19. The standard InChI is InChI=1S/C25H24FN5O2/c1-15-5-3-6-17(9-15)22(14-32)30-24(33)21-10-18(13-27-21)23-16(2)12-28-25(31-23)29-20-8-4-7-19(26)11-20/h3-13,22,27,32H,14H2,1-2H3,(H,30,33)(H,28,29,31). The molecule has 1 unspecified atom stereocenters. The van der Waals surface area contributed by atoms with Crippen molar-refractivity contribution in [1.29, 1.82) is 0 Å². The lowest BCUT2D eigenvalue weighted by Gasteiger charge is -2.16. The van der Waals surface area contributed by atoms with Gasteiger partial charge in [0.25, 0.3) is 5.91 Å². The summed E-state index contributed by atoms with van der Waals surface area (Å²) in [6, 6.07) is 14.8. The molecule has 4 rings (SSSR count). The first-order valence-corrected chi connectivity index (χ1v) is 10.5. The van der Waals surface area contributed by atoms with E-state index in [9.17, 15) is 14.3 Å². The molecule has 0 aliphatic heterocycles. The first kappa shape index (κ1) is 22.2. The van der Waals surface area contributed by atoms with Crippen molar-refractivity contribution in [2.75, 3.05) is 11.9 Å². The molecule has 2 aromatic carbocycles. The van der Waals surface area contributed by atoms with Crippen LogP contribution in [0.1, 0.15) is 33.2 Å². The van der Waals surface area contributed by atoms with Crippen molar-refractivity contribution in [3.05, 3.63) is 95.2 Å². The SMILES string of the molecule is Cc1cccc(C(CO)NC(=O)c2cc(-c3nc(Nc4cccc(F)c4)ncc3C)c[nH]2)c1. The maximum absolute atomic E-state index is 13.5. The average Bonchev–Trinajstić information content (AvgIpc) is 3.29. The van der Waals surface area contributed by atoms with Gasteiger partial charge < -0.3 is 20.7 Å². The Balaban J connectivity index is 1.53. The Hall–Kier alpha value is -4.04. The van der Waals surface area contributed by atoms with Gasteiger partial charge in [0, 0.05) is 23.6 Å². The van der Waals surface area contributed by atoms with Crippen LogP contribution in [0, 0.1) is 19.7 Å². The number of anilines is 2. The van der Waals surface area contributed by atoms with E-state index >= 15 is 0 Å². The predicted octanol–water partition coefficient (Wildman–Crippen LogP) is 4.43. The maximum Gasteiger partial charge on any atom is 0.268 e. The molecule has 168 valence electrons. The molecule has 8 heteroatoms. The first-order valence-electron chi connectivity index (χ1n) is 10.5. The zero-order chi connectivity index (χ0) is 23.4. The van der Waals surface area contributed by atoms with E-state index in [1.807, 2.05) is 38.1 Å². The normalized spacial score (nSPS) is 11.8. The summed E-state index contributed by atoms with van der Waals surface area (Å²) >= 11 is 0. The summed E-state index contributed by atoms with van der Waals surface area (Å²) in [6.45, 7) is 3.61. The van der Waals surface area contributed by atoms with Crippen LogP contribution in [-0.4, -0.2) is 32.6 Å². The van der Waals surface area contributed by atoms with Crippen molar-refractivity contribution in [3.63, 3.8) is 0 Å². The number of halogens is 1. The topological polar surface area (TPSA) is 103 Å². The number of aromatic nitrogens is 3.